The predicted octanol–water partition coefficient (Wildman–Crippen LogP) is 3.72. The SMILES string of the molecule is O=C1Cc2cc(C(=O)CC3CCCCCC3)ccc2N1. The zero-order chi connectivity index (χ0) is 13.9. The molecule has 1 saturated carbocycles. The van der Waals surface area contributed by atoms with Gasteiger partial charge in [0.2, 0.25) is 5.91 Å². The maximum atomic E-state index is 12.4. The number of amides is 1. The number of Topliss-reactive ketones (excluding diaryl/α,β-unsaturated/α-hetero) is 1. The lowest BCUT2D eigenvalue weighted by atomic mass is 9.91. The van der Waals surface area contributed by atoms with Gasteiger partial charge in [0.05, 0.1) is 6.42 Å². The highest BCUT2D eigenvalue weighted by molar-refractivity contribution is 6.02. The zero-order valence-corrected chi connectivity index (χ0v) is 11.8. The molecule has 106 valence electrons. The summed E-state index contributed by atoms with van der Waals surface area (Å²) in [5.41, 5.74) is 2.59. The third-order valence-corrected chi connectivity index (χ3v) is 4.50. The topological polar surface area (TPSA) is 46.2 Å². The van der Waals surface area contributed by atoms with Crippen molar-refractivity contribution in [2.24, 2.45) is 5.92 Å². The van der Waals surface area contributed by atoms with Gasteiger partial charge < -0.3 is 5.32 Å². The molecule has 3 nitrogen and oxygen atoms in total. The fraction of sp³-hybridized carbons (Fsp3) is 0.529. The molecule has 3 rings (SSSR count). The Balaban J connectivity index is 1.68. The van der Waals surface area contributed by atoms with E-state index in [2.05, 4.69) is 5.32 Å². The van der Waals surface area contributed by atoms with Crippen molar-refractivity contribution >= 4 is 17.4 Å². The lowest BCUT2D eigenvalue weighted by Crippen LogP contribution is -2.08. The second kappa shape index (κ2) is 5.78. The molecule has 1 amide bonds. The number of ketones is 1. The maximum Gasteiger partial charge on any atom is 0.228 e. The summed E-state index contributed by atoms with van der Waals surface area (Å²) in [7, 11) is 0. The summed E-state index contributed by atoms with van der Waals surface area (Å²) in [4.78, 5) is 23.7. The molecule has 1 fully saturated rings. The molecule has 20 heavy (non-hydrogen) atoms. The first-order valence-electron chi connectivity index (χ1n) is 7.68. The minimum absolute atomic E-state index is 0.0216. The van der Waals surface area contributed by atoms with Crippen LogP contribution < -0.4 is 5.32 Å². The predicted molar refractivity (Wildman–Crippen MR) is 78.9 cm³/mol. The highest BCUT2D eigenvalue weighted by Gasteiger charge is 2.21. The van der Waals surface area contributed by atoms with E-state index in [0.717, 1.165) is 16.8 Å². The van der Waals surface area contributed by atoms with Gasteiger partial charge in [0, 0.05) is 17.7 Å². The van der Waals surface area contributed by atoms with Crippen LogP contribution in [0.2, 0.25) is 0 Å². The van der Waals surface area contributed by atoms with E-state index in [1.165, 1.54) is 38.5 Å². The number of nitrogens with one attached hydrogen (secondary N) is 1. The molecule has 0 unspecified atom stereocenters. The molecule has 3 heteroatoms. The van der Waals surface area contributed by atoms with Crippen molar-refractivity contribution < 1.29 is 9.59 Å². The summed E-state index contributed by atoms with van der Waals surface area (Å²) in [5, 5.41) is 2.80. The Morgan fingerprint density at radius 3 is 2.65 bits per heavy atom. The molecular formula is C17H21NO2. The fourth-order valence-corrected chi connectivity index (χ4v) is 3.35. The van der Waals surface area contributed by atoms with Gasteiger partial charge in [-0.15, -0.1) is 0 Å². The monoisotopic (exact) mass is 271 g/mol. The fourth-order valence-electron chi connectivity index (χ4n) is 3.35. The first kappa shape index (κ1) is 13.3. The molecule has 0 spiro atoms. The standard InChI is InChI=1S/C17H21NO2/c19-16(9-12-5-3-1-2-4-6-12)13-7-8-15-14(10-13)11-17(20)18-15/h7-8,10,12H,1-6,9,11H2,(H,18,20). The third-order valence-electron chi connectivity index (χ3n) is 4.50. The summed E-state index contributed by atoms with van der Waals surface area (Å²) in [6.45, 7) is 0. The molecule has 0 aromatic heterocycles. The van der Waals surface area contributed by atoms with Gasteiger partial charge in [0.25, 0.3) is 0 Å². The van der Waals surface area contributed by atoms with E-state index >= 15 is 0 Å². The number of benzene rings is 1. The molecule has 1 aromatic carbocycles. The number of fused-ring (bicyclic) bond motifs is 1. The number of rotatable bonds is 3. The average molecular weight is 271 g/mol. The first-order chi connectivity index (χ1) is 9.72. The molecule has 0 bridgehead atoms. The second-order valence-corrected chi connectivity index (χ2v) is 6.08. The quantitative estimate of drug-likeness (QED) is 0.672. The van der Waals surface area contributed by atoms with Crippen molar-refractivity contribution in [1.29, 1.82) is 0 Å². The number of carbonyl (C=O) groups is 2. The Labute approximate surface area is 119 Å². The van der Waals surface area contributed by atoms with Crippen LogP contribution in [-0.2, 0) is 11.2 Å². The Morgan fingerprint density at radius 2 is 1.90 bits per heavy atom. The van der Waals surface area contributed by atoms with Crippen LogP contribution in [0.25, 0.3) is 0 Å². The first-order valence-corrected chi connectivity index (χ1v) is 7.68. The molecule has 0 saturated heterocycles. The van der Waals surface area contributed by atoms with Crippen molar-refractivity contribution in [3.05, 3.63) is 29.3 Å². The average Bonchev–Trinajstić information content (AvgIpc) is 2.62. The van der Waals surface area contributed by atoms with Gasteiger partial charge in [0.1, 0.15) is 0 Å². The van der Waals surface area contributed by atoms with E-state index in [9.17, 15) is 9.59 Å². The third kappa shape index (κ3) is 2.92. The molecule has 1 aromatic rings. The van der Waals surface area contributed by atoms with Crippen LogP contribution in [0.5, 0.6) is 0 Å². The summed E-state index contributed by atoms with van der Waals surface area (Å²) in [6.07, 6.45) is 8.61. The minimum Gasteiger partial charge on any atom is -0.326 e. The highest BCUT2D eigenvalue weighted by atomic mass is 16.1. The largest absolute Gasteiger partial charge is 0.326 e. The zero-order valence-electron chi connectivity index (χ0n) is 11.8. The number of carbonyl (C=O) groups excluding carboxylic acids is 2. The lowest BCUT2D eigenvalue weighted by Gasteiger charge is -2.13. The second-order valence-electron chi connectivity index (χ2n) is 6.08. The molecule has 1 aliphatic heterocycles. The van der Waals surface area contributed by atoms with Crippen LogP contribution in [0.1, 0.15) is 60.9 Å². The minimum atomic E-state index is 0.0216. The van der Waals surface area contributed by atoms with Crippen molar-refractivity contribution in [3.63, 3.8) is 0 Å². The molecule has 1 N–H and O–H groups in total. The van der Waals surface area contributed by atoms with E-state index in [4.69, 9.17) is 0 Å². The molecule has 2 aliphatic rings. The van der Waals surface area contributed by atoms with Crippen molar-refractivity contribution in [1.82, 2.24) is 0 Å². The van der Waals surface area contributed by atoms with E-state index in [1.54, 1.807) is 0 Å². The lowest BCUT2D eigenvalue weighted by molar-refractivity contribution is -0.115. The molecule has 1 aliphatic carbocycles. The molecule has 1 heterocycles. The number of hydrogen-bond acceptors (Lipinski definition) is 2. The van der Waals surface area contributed by atoms with Crippen LogP contribution in [0.4, 0.5) is 5.69 Å². The Bertz CT molecular complexity index is 528. The maximum absolute atomic E-state index is 12.4. The van der Waals surface area contributed by atoms with Crippen LogP contribution in [0.15, 0.2) is 18.2 Å². The van der Waals surface area contributed by atoms with Crippen LogP contribution >= 0.6 is 0 Å². The van der Waals surface area contributed by atoms with Crippen molar-refractivity contribution in [2.75, 3.05) is 5.32 Å². The van der Waals surface area contributed by atoms with E-state index in [0.29, 0.717) is 18.8 Å². The van der Waals surface area contributed by atoms with Gasteiger partial charge >= 0.3 is 0 Å². The summed E-state index contributed by atoms with van der Waals surface area (Å²) >= 11 is 0. The van der Waals surface area contributed by atoms with Gasteiger partial charge in [-0.1, -0.05) is 38.5 Å². The summed E-state index contributed by atoms with van der Waals surface area (Å²) in [6, 6.07) is 5.61. The van der Waals surface area contributed by atoms with Gasteiger partial charge in [-0.25, -0.2) is 0 Å². The van der Waals surface area contributed by atoms with Crippen LogP contribution in [-0.4, -0.2) is 11.7 Å². The van der Waals surface area contributed by atoms with Gasteiger partial charge in [-0.05, 0) is 29.7 Å². The Hall–Kier alpha value is -1.64. The van der Waals surface area contributed by atoms with E-state index in [-0.39, 0.29) is 11.7 Å². The van der Waals surface area contributed by atoms with Crippen LogP contribution in [0, 0.1) is 5.92 Å². The van der Waals surface area contributed by atoms with Gasteiger partial charge in [-0.3, -0.25) is 9.59 Å². The van der Waals surface area contributed by atoms with Crippen LogP contribution in [0.3, 0.4) is 0 Å². The summed E-state index contributed by atoms with van der Waals surface area (Å²) < 4.78 is 0. The van der Waals surface area contributed by atoms with Gasteiger partial charge in [-0.2, -0.15) is 0 Å². The molecule has 0 atom stereocenters. The summed E-state index contributed by atoms with van der Waals surface area (Å²) in [5.74, 6) is 0.811. The van der Waals surface area contributed by atoms with E-state index in [1.807, 2.05) is 18.2 Å². The van der Waals surface area contributed by atoms with E-state index < -0.39 is 0 Å². The number of hydrogen-bond donors (Lipinski definition) is 1. The number of anilines is 1. The smallest absolute Gasteiger partial charge is 0.228 e. The van der Waals surface area contributed by atoms with Crippen molar-refractivity contribution in [3.8, 4) is 0 Å². The highest BCUT2D eigenvalue weighted by Crippen LogP contribution is 2.28. The normalized spacial score (nSPS) is 19.3. The Kier molecular flexibility index (Phi) is 3.86. The Morgan fingerprint density at radius 1 is 1.15 bits per heavy atom. The molecule has 0 radical (unpaired) electrons. The molecular weight excluding hydrogens is 250 g/mol. The van der Waals surface area contributed by atoms with Crippen molar-refractivity contribution in [2.45, 2.75) is 51.4 Å². The van der Waals surface area contributed by atoms with Gasteiger partial charge in [0.15, 0.2) is 5.78 Å².